The lowest BCUT2D eigenvalue weighted by Crippen LogP contribution is -1.89. The van der Waals surface area contributed by atoms with Gasteiger partial charge in [-0.3, -0.25) is 0 Å². The Balaban J connectivity index is 2.46. The molecule has 1 unspecified atom stereocenters. The number of hydrogen-bond acceptors (Lipinski definition) is 0. The van der Waals surface area contributed by atoms with Crippen LogP contribution in [0.2, 0.25) is 5.02 Å². The summed E-state index contributed by atoms with van der Waals surface area (Å²) in [7, 11) is 0. The van der Waals surface area contributed by atoms with Gasteiger partial charge in [-0.2, -0.15) is 0 Å². The molecule has 0 aliphatic heterocycles. The highest BCUT2D eigenvalue weighted by Gasteiger charge is 2.19. The number of allylic oxidation sites excluding steroid dienone is 2. The molecule has 0 fully saturated rings. The van der Waals surface area contributed by atoms with Gasteiger partial charge in [0, 0.05) is 10.0 Å². The molecular formula is C11H8BrCl2F. The Morgan fingerprint density at radius 1 is 1.40 bits per heavy atom. The zero-order valence-corrected chi connectivity index (χ0v) is 10.8. The van der Waals surface area contributed by atoms with Crippen molar-refractivity contribution in [3.8, 4) is 0 Å². The van der Waals surface area contributed by atoms with Crippen molar-refractivity contribution in [2.24, 2.45) is 0 Å². The summed E-state index contributed by atoms with van der Waals surface area (Å²) >= 11 is 14.9. The molecule has 0 bridgehead atoms. The number of hydrogen-bond donors (Lipinski definition) is 0. The van der Waals surface area contributed by atoms with Crippen molar-refractivity contribution < 1.29 is 4.39 Å². The van der Waals surface area contributed by atoms with Crippen molar-refractivity contribution in [2.75, 3.05) is 0 Å². The maximum atomic E-state index is 13.8. The summed E-state index contributed by atoms with van der Waals surface area (Å²) in [6, 6.07) is 3.48. The van der Waals surface area contributed by atoms with Gasteiger partial charge >= 0.3 is 0 Å². The molecule has 15 heavy (non-hydrogen) atoms. The number of halogens is 4. The predicted octanol–water partition coefficient (Wildman–Crippen LogP) is 5.03. The van der Waals surface area contributed by atoms with E-state index in [1.807, 2.05) is 6.08 Å². The molecule has 1 aromatic carbocycles. The van der Waals surface area contributed by atoms with E-state index in [0.29, 0.717) is 10.0 Å². The lowest BCUT2D eigenvalue weighted by Gasteiger charge is -2.06. The Bertz CT molecular complexity index is 429. The largest absolute Gasteiger partial charge is 0.205 e. The van der Waals surface area contributed by atoms with Gasteiger partial charge < -0.3 is 0 Å². The van der Waals surface area contributed by atoms with E-state index >= 15 is 0 Å². The van der Waals surface area contributed by atoms with Crippen LogP contribution in [-0.2, 0) is 0 Å². The minimum absolute atomic E-state index is 0.0156. The van der Waals surface area contributed by atoms with Crippen LogP contribution in [0.15, 0.2) is 22.7 Å². The van der Waals surface area contributed by atoms with E-state index < -0.39 is 0 Å². The van der Waals surface area contributed by atoms with Crippen LogP contribution in [0, 0.1) is 5.82 Å². The van der Waals surface area contributed by atoms with Crippen LogP contribution in [0.5, 0.6) is 0 Å². The molecule has 1 atom stereocenters. The molecule has 0 saturated heterocycles. The smallest absolute Gasteiger partial charge is 0.150 e. The lowest BCUT2D eigenvalue weighted by molar-refractivity contribution is 0.623. The first-order valence-electron chi connectivity index (χ1n) is 4.58. The first kappa shape index (κ1) is 11.4. The van der Waals surface area contributed by atoms with Crippen molar-refractivity contribution in [1.82, 2.24) is 0 Å². The normalized spacial score (nSPS) is 20.5. The molecule has 0 N–H and O–H groups in total. The molecule has 0 radical (unpaired) electrons. The fourth-order valence-electron chi connectivity index (χ4n) is 1.68. The first-order valence-corrected chi connectivity index (χ1v) is 6.19. The van der Waals surface area contributed by atoms with Gasteiger partial charge in [-0.05, 0) is 40.4 Å². The Kier molecular flexibility index (Phi) is 3.39. The zero-order valence-electron chi connectivity index (χ0n) is 7.74. The summed E-state index contributed by atoms with van der Waals surface area (Å²) in [5.74, 6) is -0.372. The summed E-state index contributed by atoms with van der Waals surface area (Å²) in [6.45, 7) is 0. The van der Waals surface area contributed by atoms with E-state index in [-0.39, 0.29) is 16.2 Å². The molecule has 1 aliphatic rings. The molecule has 0 saturated carbocycles. The third-order valence-electron chi connectivity index (χ3n) is 2.45. The molecule has 0 heterocycles. The molecule has 4 heteroatoms. The van der Waals surface area contributed by atoms with E-state index in [2.05, 4.69) is 15.9 Å². The van der Waals surface area contributed by atoms with E-state index in [1.54, 1.807) is 12.1 Å². The predicted molar refractivity (Wildman–Crippen MR) is 66.0 cm³/mol. The Hall–Kier alpha value is -0.0500. The second-order valence-corrected chi connectivity index (χ2v) is 5.26. The van der Waals surface area contributed by atoms with Crippen molar-refractivity contribution in [2.45, 2.75) is 18.2 Å². The van der Waals surface area contributed by atoms with Crippen LogP contribution in [0.25, 0.3) is 5.57 Å². The van der Waals surface area contributed by atoms with Gasteiger partial charge in [0.05, 0.1) is 10.4 Å². The molecule has 1 aliphatic carbocycles. The Morgan fingerprint density at radius 2 is 2.13 bits per heavy atom. The highest BCUT2D eigenvalue weighted by atomic mass is 79.9. The first-order chi connectivity index (χ1) is 7.09. The summed E-state index contributed by atoms with van der Waals surface area (Å²) in [6.07, 6.45) is 3.57. The molecular weight excluding hydrogens is 302 g/mol. The molecule has 0 spiro atoms. The molecule has 0 amide bonds. The van der Waals surface area contributed by atoms with Gasteiger partial charge in [-0.25, -0.2) is 4.39 Å². The maximum Gasteiger partial charge on any atom is 0.150 e. The zero-order chi connectivity index (χ0) is 11.0. The van der Waals surface area contributed by atoms with Crippen LogP contribution >= 0.6 is 39.1 Å². The average Bonchev–Trinajstić information content (AvgIpc) is 2.61. The van der Waals surface area contributed by atoms with E-state index in [0.717, 1.165) is 18.4 Å². The van der Waals surface area contributed by atoms with E-state index in [9.17, 15) is 4.39 Å². The van der Waals surface area contributed by atoms with Crippen LogP contribution in [-0.4, -0.2) is 5.38 Å². The van der Waals surface area contributed by atoms with Crippen LogP contribution < -0.4 is 0 Å². The maximum absolute atomic E-state index is 13.8. The fraction of sp³-hybridized carbons (Fsp3) is 0.273. The minimum Gasteiger partial charge on any atom is -0.205 e. The Labute approximate surface area is 106 Å². The summed E-state index contributed by atoms with van der Waals surface area (Å²) < 4.78 is 14.4. The second-order valence-electron chi connectivity index (χ2n) is 3.47. The second kappa shape index (κ2) is 4.44. The van der Waals surface area contributed by atoms with Gasteiger partial charge in [0.1, 0.15) is 5.82 Å². The molecule has 0 nitrogen and oxygen atoms in total. The fourth-order valence-corrected chi connectivity index (χ4v) is 2.41. The standard InChI is InChI=1S/C11H8BrCl2F/c12-9-4-3-8(11(15)10(9)14)6-1-2-7(13)5-6/h3-5,7H,1-2H2. The summed E-state index contributed by atoms with van der Waals surface area (Å²) in [4.78, 5) is 0. The highest BCUT2D eigenvalue weighted by molar-refractivity contribution is 9.10. The van der Waals surface area contributed by atoms with Gasteiger partial charge in [-0.15, -0.1) is 11.6 Å². The van der Waals surface area contributed by atoms with E-state index in [4.69, 9.17) is 23.2 Å². The van der Waals surface area contributed by atoms with E-state index in [1.165, 1.54) is 0 Å². The van der Waals surface area contributed by atoms with Crippen molar-refractivity contribution >= 4 is 44.7 Å². The minimum atomic E-state index is -0.372. The Morgan fingerprint density at radius 3 is 2.73 bits per heavy atom. The number of benzene rings is 1. The summed E-state index contributed by atoms with van der Waals surface area (Å²) in [5, 5.41) is 0.147. The average molecular weight is 310 g/mol. The van der Waals surface area contributed by atoms with Crippen LogP contribution in [0.3, 0.4) is 0 Å². The van der Waals surface area contributed by atoms with Gasteiger partial charge in [0.2, 0.25) is 0 Å². The monoisotopic (exact) mass is 308 g/mol. The van der Waals surface area contributed by atoms with Crippen molar-refractivity contribution in [1.29, 1.82) is 0 Å². The lowest BCUT2D eigenvalue weighted by atomic mass is 10.1. The van der Waals surface area contributed by atoms with Gasteiger partial charge in [-0.1, -0.05) is 23.7 Å². The quantitative estimate of drug-likeness (QED) is 0.504. The summed E-state index contributed by atoms with van der Waals surface area (Å²) in [5.41, 5.74) is 1.51. The van der Waals surface area contributed by atoms with Crippen LogP contribution in [0.4, 0.5) is 4.39 Å². The number of rotatable bonds is 1. The molecule has 1 aromatic rings. The molecule has 2 rings (SSSR count). The SMILES string of the molecule is Fc1c(C2=CC(Cl)CC2)ccc(Br)c1Cl. The van der Waals surface area contributed by atoms with Crippen molar-refractivity contribution in [3.05, 3.63) is 39.1 Å². The molecule has 80 valence electrons. The van der Waals surface area contributed by atoms with Gasteiger partial charge in [0.15, 0.2) is 0 Å². The topological polar surface area (TPSA) is 0 Å². The third kappa shape index (κ3) is 2.22. The number of alkyl halides is 1. The van der Waals surface area contributed by atoms with Gasteiger partial charge in [0.25, 0.3) is 0 Å². The van der Waals surface area contributed by atoms with Crippen molar-refractivity contribution in [3.63, 3.8) is 0 Å². The highest BCUT2D eigenvalue weighted by Crippen LogP contribution is 2.36. The molecule has 0 aromatic heterocycles. The third-order valence-corrected chi connectivity index (χ3v) is 4.06. The van der Waals surface area contributed by atoms with Crippen LogP contribution in [0.1, 0.15) is 18.4 Å².